The van der Waals surface area contributed by atoms with Crippen LogP contribution in [0.2, 0.25) is 0 Å². The molecule has 1 aliphatic rings. The van der Waals surface area contributed by atoms with Crippen LogP contribution in [0.1, 0.15) is 77.0 Å². The monoisotopic (exact) mass is 498 g/mol. The SMILES string of the molecule is CCC(=O)Oc1cc(OC(=O)CC)c2c(c1)O[C@@H](c1ccc(OC(=O)CC)c(OC(=O)CC)c1)CC2. The molecule has 3 rings (SSSR count). The summed E-state index contributed by atoms with van der Waals surface area (Å²) in [5.74, 6) is -0.600. The van der Waals surface area contributed by atoms with Crippen molar-refractivity contribution < 1.29 is 42.9 Å². The summed E-state index contributed by atoms with van der Waals surface area (Å²) in [4.78, 5) is 47.6. The minimum absolute atomic E-state index is 0.124. The van der Waals surface area contributed by atoms with Crippen LogP contribution in [0.3, 0.4) is 0 Å². The molecule has 1 heterocycles. The third-order valence-corrected chi connectivity index (χ3v) is 5.46. The van der Waals surface area contributed by atoms with Crippen LogP contribution in [0.15, 0.2) is 30.3 Å². The average Bonchev–Trinajstić information content (AvgIpc) is 2.88. The number of rotatable bonds is 9. The number of ether oxygens (including phenoxy) is 5. The summed E-state index contributed by atoms with van der Waals surface area (Å²) in [6, 6.07) is 8.02. The van der Waals surface area contributed by atoms with Gasteiger partial charge in [-0.2, -0.15) is 0 Å². The van der Waals surface area contributed by atoms with E-state index in [-0.39, 0.29) is 48.7 Å². The van der Waals surface area contributed by atoms with E-state index >= 15 is 0 Å². The van der Waals surface area contributed by atoms with Crippen LogP contribution >= 0.6 is 0 Å². The predicted octanol–water partition coefficient (Wildman–Crippen LogP) is 5.01. The lowest BCUT2D eigenvalue weighted by Crippen LogP contribution is -2.18. The van der Waals surface area contributed by atoms with Crippen LogP contribution in [0.4, 0.5) is 0 Å². The molecule has 0 fully saturated rings. The van der Waals surface area contributed by atoms with Crippen molar-refractivity contribution in [3.8, 4) is 28.7 Å². The largest absolute Gasteiger partial charge is 0.485 e. The third kappa shape index (κ3) is 6.62. The first kappa shape index (κ1) is 26.7. The van der Waals surface area contributed by atoms with E-state index in [2.05, 4.69) is 0 Å². The second-order valence-corrected chi connectivity index (χ2v) is 8.06. The molecule has 0 radical (unpaired) electrons. The van der Waals surface area contributed by atoms with E-state index in [1.807, 2.05) is 0 Å². The van der Waals surface area contributed by atoms with Crippen molar-refractivity contribution >= 4 is 23.9 Å². The molecule has 1 aliphatic heterocycles. The van der Waals surface area contributed by atoms with Gasteiger partial charge in [0.2, 0.25) is 0 Å². The van der Waals surface area contributed by atoms with Crippen LogP contribution in [0.25, 0.3) is 0 Å². The second kappa shape index (κ2) is 12.2. The molecule has 36 heavy (non-hydrogen) atoms. The number of hydrogen-bond donors (Lipinski definition) is 0. The van der Waals surface area contributed by atoms with Crippen molar-refractivity contribution in [3.63, 3.8) is 0 Å². The number of hydrogen-bond acceptors (Lipinski definition) is 9. The first-order valence-electron chi connectivity index (χ1n) is 12.1. The highest BCUT2D eigenvalue weighted by atomic mass is 16.6. The minimum atomic E-state index is -0.472. The predicted molar refractivity (Wildman–Crippen MR) is 128 cm³/mol. The minimum Gasteiger partial charge on any atom is -0.485 e. The van der Waals surface area contributed by atoms with Crippen molar-refractivity contribution in [1.82, 2.24) is 0 Å². The Kier molecular flexibility index (Phi) is 9.05. The van der Waals surface area contributed by atoms with Gasteiger partial charge in [-0.05, 0) is 30.5 Å². The van der Waals surface area contributed by atoms with Crippen LogP contribution in [-0.2, 0) is 25.6 Å². The molecule has 0 spiro atoms. The Morgan fingerprint density at radius 2 is 1.28 bits per heavy atom. The number of carbonyl (C=O) groups excluding carboxylic acids is 4. The van der Waals surface area contributed by atoms with Crippen molar-refractivity contribution in [2.24, 2.45) is 0 Å². The van der Waals surface area contributed by atoms with E-state index in [1.165, 1.54) is 6.07 Å². The molecule has 9 nitrogen and oxygen atoms in total. The molecule has 0 unspecified atom stereocenters. The summed E-state index contributed by atoms with van der Waals surface area (Å²) in [6.45, 7) is 6.69. The van der Waals surface area contributed by atoms with Crippen molar-refractivity contribution in [2.75, 3.05) is 0 Å². The molecule has 1 atom stereocenters. The topological polar surface area (TPSA) is 114 Å². The first-order valence-corrected chi connectivity index (χ1v) is 12.1. The highest BCUT2D eigenvalue weighted by Gasteiger charge is 2.28. The molecule has 0 aromatic heterocycles. The van der Waals surface area contributed by atoms with E-state index in [0.717, 1.165) is 0 Å². The fourth-order valence-electron chi connectivity index (χ4n) is 3.50. The van der Waals surface area contributed by atoms with E-state index < -0.39 is 30.0 Å². The van der Waals surface area contributed by atoms with Crippen LogP contribution in [-0.4, -0.2) is 23.9 Å². The van der Waals surface area contributed by atoms with E-state index in [9.17, 15) is 19.2 Å². The molecular formula is C27H30O9. The molecular weight excluding hydrogens is 468 g/mol. The van der Waals surface area contributed by atoms with Gasteiger partial charge in [0.15, 0.2) is 11.5 Å². The van der Waals surface area contributed by atoms with Crippen LogP contribution < -0.4 is 23.7 Å². The number of fused-ring (bicyclic) bond motifs is 1. The van der Waals surface area contributed by atoms with Crippen molar-refractivity contribution in [1.29, 1.82) is 0 Å². The van der Waals surface area contributed by atoms with Gasteiger partial charge in [0.05, 0.1) is 0 Å². The Hall–Kier alpha value is -3.88. The molecule has 0 saturated heterocycles. The Morgan fingerprint density at radius 3 is 1.89 bits per heavy atom. The summed E-state index contributed by atoms with van der Waals surface area (Å²) in [5, 5.41) is 0. The second-order valence-electron chi connectivity index (χ2n) is 8.06. The van der Waals surface area contributed by atoms with E-state index in [0.29, 0.717) is 29.7 Å². The number of benzene rings is 2. The Labute approximate surface area is 209 Å². The van der Waals surface area contributed by atoms with Gasteiger partial charge in [-0.1, -0.05) is 33.8 Å². The highest BCUT2D eigenvalue weighted by Crippen LogP contribution is 2.44. The Balaban J connectivity index is 1.95. The molecule has 0 aliphatic carbocycles. The molecule has 2 aromatic carbocycles. The fraction of sp³-hybridized carbons (Fsp3) is 0.407. The highest BCUT2D eigenvalue weighted by molar-refractivity contribution is 5.76. The lowest BCUT2D eigenvalue weighted by molar-refractivity contribution is -0.136. The summed E-state index contributed by atoms with van der Waals surface area (Å²) < 4.78 is 27.8. The average molecular weight is 499 g/mol. The third-order valence-electron chi connectivity index (χ3n) is 5.46. The molecule has 0 amide bonds. The maximum atomic E-state index is 12.0. The summed E-state index contributed by atoms with van der Waals surface area (Å²) in [6.07, 6.45) is 1.29. The van der Waals surface area contributed by atoms with Gasteiger partial charge in [-0.3, -0.25) is 19.2 Å². The van der Waals surface area contributed by atoms with E-state index in [1.54, 1.807) is 52.0 Å². The van der Waals surface area contributed by atoms with Gasteiger partial charge in [-0.15, -0.1) is 0 Å². The summed E-state index contributed by atoms with van der Waals surface area (Å²) >= 11 is 0. The van der Waals surface area contributed by atoms with Gasteiger partial charge < -0.3 is 23.7 Å². The van der Waals surface area contributed by atoms with Crippen LogP contribution in [0, 0.1) is 0 Å². The van der Waals surface area contributed by atoms with Crippen molar-refractivity contribution in [2.45, 2.75) is 72.3 Å². The zero-order valence-corrected chi connectivity index (χ0v) is 20.9. The molecule has 9 heteroatoms. The summed E-state index contributed by atoms with van der Waals surface area (Å²) in [5.41, 5.74) is 1.38. The van der Waals surface area contributed by atoms with E-state index in [4.69, 9.17) is 23.7 Å². The van der Waals surface area contributed by atoms with Crippen molar-refractivity contribution in [3.05, 3.63) is 41.5 Å². The normalized spacial score (nSPS) is 14.2. The summed E-state index contributed by atoms with van der Waals surface area (Å²) in [7, 11) is 0. The molecule has 0 saturated carbocycles. The molecule has 0 N–H and O–H groups in total. The van der Waals surface area contributed by atoms with Gasteiger partial charge >= 0.3 is 23.9 Å². The first-order chi connectivity index (χ1) is 17.3. The molecule has 0 bridgehead atoms. The van der Waals surface area contributed by atoms with Gasteiger partial charge in [0, 0.05) is 43.4 Å². The maximum Gasteiger partial charge on any atom is 0.311 e. The van der Waals surface area contributed by atoms with Gasteiger partial charge in [-0.25, -0.2) is 0 Å². The Morgan fingerprint density at radius 1 is 0.722 bits per heavy atom. The van der Waals surface area contributed by atoms with Gasteiger partial charge in [0.1, 0.15) is 23.4 Å². The zero-order chi connectivity index (χ0) is 26.2. The number of esters is 4. The Bertz CT molecular complexity index is 1150. The zero-order valence-electron chi connectivity index (χ0n) is 20.9. The maximum absolute atomic E-state index is 12.0. The van der Waals surface area contributed by atoms with Crippen LogP contribution in [0.5, 0.6) is 28.7 Å². The quantitative estimate of drug-likeness (QED) is 0.347. The lowest BCUT2D eigenvalue weighted by Gasteiger charge is -2.28. The molecule has 192 valence electrons. The standard InChI is InChI=1S/C27H30O9/c1-5-24(28)32-17-14-21-18(22(15-17)35-26(30)7-3)10-12-19(33-21)16-9-11-20(34-25(29)6-2)23(13-16)36-27(31)8-4/h9,11,13-15,19H,5-8,10,12H2,1-4H3/t19-/m1/s1. The smallest absolute Gasteiger partial charge is 0.311 e. The van der Waals surface area contributed by atoms with Gasteiger partial charge in [0.25, 0.3) is 0 Å². The molecule has 2 aromatic rings. The fourth-order valence-corrected chi connectivity index (χ4v) is 3.50. The lowest BCUT2D eigenvalue weighted by atomic mass is 9.96. The number of carbonyl (C=O) groups is 4.